The summed E-state index contributed by atoms with van der Waals surface area (Å²) in [5.74, 6) is 2.06. The van der Waals surface area contributed by atoms with E-state index in [0.717, 1.165) is 43.1 Å². The van der Waals surface area contributed by atoms with E-state index in [2.05, 4.69) is 60.6 Å². The molecule has 25 heavy (non-hydrogen) atoms. The highest BCUT2D eigenvalue weighted by molar-refractivity contribution is 6.01. The van der Waals surface area contributed by atoms with E-state index >= 15 is 0 Å². The van der Waals surface area contributed by atoms with Crippen molar-refractivity contribution in [2.45, 2.75) is 33.6 Å². The second kappa shape index (κ2) is 6.40. The van der Waals surface area contributed by atoms with Gasteiger partial charge in [-0.1, -0.05) is 30.3 Å². The first-order valence-electron chi connectivity index (χ1n) is 8.99. The fourth-order valence-corrected chi connectivity index (χ4v) is 3.67. The summed E-state index contributed by atoms with van der Waals surface area (Å²) in [6, 6.07) is 13.1. The Morgan fingerprint density at radius 3 is 2.64 bits per heavy atom. The van der Waals surface area contributed by atoms with Crippen molar-refractivity contribution in [3.8, 4) is 0 Å². The number of nitrogens with zero attached hydrogens (tertiary/aromatic N) is 1. The zero-order valence-electron chi connectivity index (χ0n) is 15.1. The smallest absolute Gasteiger partial charge is 0.137 e. The van der Waals surface area contributed by atoms with Gasteiger partial charge in [-0.25, -0.2) is 0 Å². The summed E-state index contributed by atoms with van der Waals surface area (Å²) in [6.07, 6.45) is 1.95. The first-order valence-corrected chi connectivity index (χ1v) is 8.99. The van der Waals surface area contributed by atoms with Gasteiger partial charge in [0, 0.05) is 17.5 Å². The largest absolute Gasteiger partial charge is 0.461 e. The quantitative estimate of drug-likeness (QED) is 0.764. The second-order valence-corrected chi connectivity index (χ2v) is 6.90. The number of rotatable bonds is 4. The van der Waals surface area contributed by atoms with Gasteiger partial charge in [0.25, 0.3) is 0 Å². The lowest BCUT2D eigenvalue weighted by Crippen LogP contribution is -2.21. The van der Waals surface area contributed by atoms with Crippen molar-refractivity contribution in [3.05, 3.63) is 70.0 Å². The zero-order chi connectivity index (χ0) is 17.4. The molecule has 1 aromatic heterocycles. The van der Waals surface area contributed by atoms with Crippen LogP contribution in [-0.2, 0) is 12.8 Å². The third-order valence-corrected chi connectivity index (χ3v) is 5.11. The molecule has 2 heterocycles. The van der Waals surface area contributed by atoms with Gasteiger partial charge in [0.15, 0.2) is 0 Å². The lowest BCUT2D eigenvalue weighted by Gasteiger charge is -2.11. The van der Waals surface area contributed by atoms with Crippen LogP contribution in [0.4, 0.5) is 0 Å². The van der Waals surface area contributed by atoms with Gasteiger partial charge in [0.05, 0.1) is 6.54 Å². The van der Waals surface area contributed by atoms with Crippen LogP contribution in [0.25, 0.3) is 11.0 Å². The highest BCUT2D eigenvalue weighted by atomic mass is 16.3. The molecule has 0 spiro atoms. The van der Waals surface area contributed by atoms with Gasteiger partial charge in [-0.05, 0) is 61.9 Å². The van der Waals surface area contributed by atoms with Crippen molar-refractivity contribution >= 4 is 16.8 Å². The van der Waals surface area contributed by atoms with Gasteiger partial charge in [0.2, 0.25) is 0 Å². The Balaban J connectivity index is 1.67. The van der Waals surface area contributed by atoms with E-state index in [1.54, 1.807) is 0 Å². The number of hydrogen-bond donors (Lipinski definition) is 1. The monoisotopic (exact) mass is 332 g/mol. The van der Waals surface area contributed by atoms with E-state index < -0.39 is 0 Å². The summed E-state index contributed by atoms with van der Waals surface area (Å²) in [5, 5.41) is 4.64. The average Bonchev–Trinajstić information content (AvgIpc) is 3.23. The number of fused-ring (bicyclic) bond motifs is 1. The van der Waals surface area contributed by atoms with Gasteiger partial charge < -0.3 is 9.73 Å². The van der Waals surface area contributed by atoms with Gasteiger partial charge in [-0.15, -0.1) is 0 Å². The number of furan rings is 1. The number of aliphatic imine (C=N–C) groups is 1. The summed E-state index contributed by atoms with van der Waals surface area (Å²) in [7, 11) is 0. The van der Waals surface area contributed by atoms with Crippen LogP contribution in [0.3, 0.4) is 0 Å². The summed E-state index contributed by atoms with van der Waals surface area (Å²) in [5.41, 5.74) is 7.46. The fourth-order valence-electron chi connectivity index (χ4n) is 3.67. The molecule has 0 saturated carbocycles. The molecule has 1 N–H and O–H groups in total. The number of hydrogen-bond acceptors (Lipinski definition) is 3. The summed E-state index contributed by atoms with van der Waals surface area (Å²) < 4.78 is 6.07. The molecule has 0 saturated heterocycles. The SMILES string of the molecule is Cc1cc(CCc2ccccc2C2=NCCN2)c2oc(C)c(C)c2c1. The van der Waals surface area contributed by atoms with Gasteiger partial charge >= 0.3 is 0 Å². The molecular weight excluding hydrogens is 308 g/mol. The molecule has 3 nitrogen and oxygen atoms in total. The summed E-state index contributed by atoms with van der Waals surface area (Å²) >= 11 is 0. The highest BCUT2D eigenvalue weighted by Gasteiger charge is 2.15. The minimum Gasteiger partial charge on any atom is -0.461 e. The van der Waals surface area contributed by atoms with Crippen molar-refractivity contribution in [2.75, 3.05) is 13.1 Å². The first-order chi connectivity index (χ1) is 12.1. The van der Waals surface area contributed by atoms with Crippen LogP contribution in [0.15, 0.2) is 45.8 Å². The minimum atomic E-state index is 0.868. The van der Waals surface area contributed by atoms with Crippen LogP contribution >= 0.6 is 0 Å². The predicted octanol–water partition coefficient (Wildman–Crippen LogP) is 4.49. The van der Waals surface area contributed by atoms with Crippen LogP contribution < -0.4 is 5.32 Å². The molecule has 1 aliphatic heterocycles. The van der Waals surface area contributed by atoms with Crippen LogP contribution in [-0.4, -0.2) is 18.9 Å². The maximum atomic E-state index is 6.07. The molecule has 0 atom stereocenters. The second-order valence-electron chi connectivity index (χ2n) is 6.90. The maximum absolute atomic E-state index is 6.07. The fraction of sp³-hybridized carbons (Fsp3) is 0.318. The summed E-state index contributed by atoms with van der Waals surface area (Å²) in [4.78, 5) is 4.59. The van der Waals surface area contributed by atoms with Crippen molar-refractivity contribution in [1.82, 2.24) is 5.32 Å². The molecule has 0 amide bonds. The van der Waals surface area contributed by atoms with Crippen molar-refractivity contribution in [2.24, 2.45) is 4.99 Å². The van der Waals surface area contributed by atoms with E-state index in [9.17, 15) is 0 Å². The normalized spacial score (nSPS) is 14.0. The highest BCUT2D eigenvalue weighted by Crippen LogP contribution is 2.30. The molecule has 4 rings (SSSR count). The standard InChI is InChI=1S/C22H24N2O/c1-14-12-18(21-20(13-14)15(2)16(3)25-21)9-8-17-6-4-5-7-19(17)22-23-10-11-24-22/h4-7,12-13H,8-11H2,1-3H3,(H,23,24). The third kappa shape index (κ3) is 2.95. The molecule has 1 aliphatic rings. The topological polar surface area (TPSA) is 37.5 Å². The van der Waals surface area contributed by atoms with Crippen LogP contribution in [0.2, 0.25) is 0 Å². The molecule has 0 unspecified atom stereocenters. The Morgan fingerprint density at radius 1 is 1.04 bits per heavy atom. The van der Waals surface area contributed by atoms with Crippen LogP contribution in [0.1, 0.15) is 33.6 Å². The molecule has 0 fully saturated rings. The Bertz CT molecular complexity index is 966. The van der Waals surface area contributed by atoms with E-state index in [4.69, 9.17) is 4.42 Å². The number of amidine groups is 1. The van der Waals surface area contributed by atoms with Crippen molar-refractivity contribution < 1.29 is 4.42 Å². The Kier molecular flexibility index (Phi) is 4.08. The Labute approximate surface area is 148 Å². The minimum absolute atomic E-state index is 0.868. The number of benzene rings is 2. The molecule has 3 heteroatoms. The average molecular weight is 332 g/mol. The molecule has 128 valence electrons. The molecule has 0 radical (unpaired) electrons. The molecule has 3 aromatic rings. The Morgan fingerprint density at radius 2 is 1.84 bits per heavy atom. The molecule has 0 bridgehead atoms. The first kappa shape index (κ1) is 15.9. The maximum Gasteiger partial charge on any atom is 0.137 e. The van der Waals surface area contributed by atoms with E-state index in [0.29, 0.717) is 0 Å². The van der Waals surface area contributed by atoms with Crippen LogP contribution in [0, 0.1) is 20.8 Å². The van der Waals surface area contributed by atoms with Crippen LogP contribution in [0.5, 0.6) is 0 Å². The van der Waals surface area contributed by atoms with Gasteiger partial charge in [-0.2, -0.15) is 0 Å². The number of aryl methyl sites for hydroxylation is 5. The zero-order valence-corrected chi connectivity index (χ0v) is 15.1. The lowest BCUT2D eigenvalue weighted by atomic mass is 9.96. The molecular formula is C22H24N2O. The Hall–Kier alpha value is -2.55. The summed E-state index contributed by atoms with van der Waals surface area (Å²) in [6.45, 7) is 8.16. The van der Waals surface area contributed by atoms with Gasteiger partial charge in [0.1, 0.15) is 17.2 Å². The van der Waals surface area contributed by atoms with Gasteiger partial charge in [-0.3, -0.25) is 4.99 Å². The van der Waals surface area contributed by atoms with E-state index in [1.165, 1.54) is 33.2 Å². The molecule has 0 aliphatic carbocycles. The third-order valence-electron chi connectivity index (χ3n) is 5.11. The van der Waals surface area contributed by atoms with E-state index in [1.807, 2.05) is 6.92 Å². The van der Waals surface area contributed by atoms with Crippen molar-refractivity contribution in [3.63, 3.8) is 0 Å². The van der Waals surface area contributed by atoms with E-state index in [-0.39, 0.29) is 0 Å². The van der Waals surface area contributed by atoms with Crippen molar-refractivity contribution in [1.29, 1.82) is 0 Å². The predicted molar refractivity (Wildman–Crippen MR) is 104 cm³/mol. The number of nitrogens with one attached hydrogen (secondary N) is 1. The molecule has 2 aromatic carbocycles. The lowest BCUT2D eigenvalue weighted by molar-refractivity contribution is 0.571.